The first-order valence-corrected chi connectivity index (χ1v) is 12.5. The number of aryl methyl sites for hydroxylation is 1. The minimum absolute atomic E-state index is 0.0627. The number of aliphatic hydroxyl groups is 1. The first-order valence-electron chi connectivity index (χ1n) is 12.5. The van der Waals surface area contributed by atoms with Crippen molar-refractivity contribution in [2.75, 3.05) is 6.54 Å². The summed E-state index contributed by atoms with van der Waals surface area (Å²) in [5, 5.41) is 10.3. The van der Waals surface area contributed by atoms with E-state index in [1.165, 1.54) is 32.3 Å². The maximum Gasteiger partial charge on any atom is 0.257 e. The summed E-state index contributed by atoms with van der Waals surface area (Å²) >= 11 is 0. The number of rotatable bonds is 5. The Morgan fingerprint density at radius 1 is 1.16 bits per heavy atom. The van der Waals surface area contributed by atoms with Crippen LogP contribution in [0.5, 0.6) is 0 Å². The summed E-state index contributed by atoms with van der Waals surface area (Å²) in [6.45, 7) is 7.13. The molecule has 1 N–H and O–H groups in total. The highest BCUT2D eigenvalue weighted by Gasteiger charge is 2.46. The molecule has 3 atom stereocenters. The van der Waals surface area contributed by atoms with E-state index in [-0.39, 0.29) is 53.1 Å². The molecule has 0 aliphatic carbocycles. The maximum absolute atomic E-state index is 15.9. The number of piperazine rings is 1. The van der Waals surface area contributed by atoms with Gasteiger partial charge in [0.25, 0.3) is 5.91 Å². The van der Waals surface area contributed by atoms with Crippen LogP contribution in [0, 0.1) is 24.4 Å². The molecular formula is C27H29F3N6O2. The highest BCUT2D eigenvalue weighted by molar-refractivity contribution is 5.97. The van der Waals surface area contributed by atoms with E-state index in [0.29, 0.717) is 12.1 Å². The molecule has 0 aromatic carbocycles. The Hall–Kier alpha value is -3.44. The second-order valence-electron chi connectivity index (χ2n) is 10.6. The number of amides is 1. The molecule has 0 saturated carbocycles. The van der Waals surface area contributed by atoms with Crippen LogP contribution in [-0.2, 0) is 12.1 Å². The topological polar surface area (TPSA) is 95.3 Å². The van der Waals surface area contributed by atoms with Crippen molar-refractivity contribution >= 4 is 5.91 Å². The molecule has 5 rings (SSSR count). The van der Waals surface area contributed by atoms with E-state index in [0.717, 1.165) is 25.1 Å². The molecule has 0 unspecified atom stereocenters. The Kier molecular flexibility index (Phi) is 6.68. The zero-order chi connectivity index (χ0) is 27.4. The number of pyridine rings is 2. The minimum Gasteiger partial charge on any atom is -0.382 e. The van der Waals surface area contributed by atoms with Crippen LogP contribution in [0.2, 0.25) is 0 Å². The predicted octanol–water partition coefficient (Wildman–Crippen LogP) is 3.76. The van der Waals surface area contributed by atoms with Crippen LogP contribution in [0.4, 0.5) is 13.2 Å². The van der Waals surface area contributed by atoms with Crippen LogP contribution < -0.4 is 0 Å². The van der Waals surface area contributed by atoms with Gasteiger partial charge in [-0.3, -0.25) is 19.7 Å². The van der Waals surface area contributed by atoms with E-state index in [9.17, 15) is 18.7 Å². The lowest BCUT2D eigenvalue weighted by molar-refractivity contribution is 0.0158. The fourth-order valence-electron chi connectivity index (χ4n) is 5.47. The number of aromatic nitrogens is 4. The molecule has 2 fully saturated rings. The Balaban J connectivity index is 1.43. The molecule has 38 heavy (non-hydrogen) atoms. The van der Waals surface area contributed by atoms with Crippen molar-refractivity contribution in [2.45, 2.75) is 70.8 Å². The normalized spacial score (nSPS) is 21.7. The van der Waals surface area contributed by atoms with Gasteiger partial charge in [0.15, 0.2) is 11.6 Å². The van der Waals surface area contributed by atoms with Gasteiger partial charge in [-0.2, -0.15) is 0 Å². The predicted molar refractivity (Wildman–Crippen MR) is 132 cm³/mol. The number of likely N-dealkylation sites (tertiary alicyclic amines) is 1. The zero-order valence-corrected chi connectivity index (χ0v) is 21.6. The number of hydrogen-bond donors (Lipinski definition) is 1. The molecular weight excluding hydrogens is 497 g/mol. The molecule has 1 amide bonds. The highest BCUT2D eigenvalue weighted by Crippen LogP contribution is 2.37. The van der Waals surface area contributed by atoms with Gasteiger partial charge in [-0.25, -0.2) is 23.1 Å². The van der Waals surface area contributed by atoms with E-state index >= 15 is 4.39 Å². The molecule has 0 radical (unpaired) electrons. The highest BCUT2D eigenvalue weighted by atomic mass is 19.1. The first kappa shape index (κ1) is 26.2. The summed E-state index contributed by atoms with van der Waals surface area (Å²) in [6.07, 6.45) is 5.44. The molecule has 2 bridgehead atoms. The van der Waals surface area contributed by atoms with Crippen LogP contribution in [0.1, 0.15) is 61.1 Å². The summed E-state index contributed by atoms with van der Waals surface area (Å²) < 4.78 is 43.5. The van der Waals surface area contributed by atoms with Gasteiger partial charge in [0.2, 0.25) is 0 Å². The number of fused-ring (bicyclic) bond motifs is 2. The standard InChI is InChI=1S/C27H29F3N6O2/c1-14-10-33-24(19-7-8-31-26(34-19)27(3,4)38)23(30)22(14)25(37)35-12-17-5-6-21(15(35)2)36(17)13-20-18(29)9-16(28)11-32-20/h7-11,15,17,21,38H,5-6,12-13H2,1-4H3/t15-,17+,21-/m1/s1. The van der Waals surface area contributed by atoms with E-state index in [4.69, 9.17) is 0 Å². The fraction of sp³-hybridized carbons (Fsp3) is 0.444. The molecule has 2 aliphatic heterocycles. The fourth-order valence-corrected chi connectivity index (χ4v) is 5.47. The molecule has 11 heteroatoms. The molecule has 0 spiro atoms. The maximum atomic E-state index is 15.9. The molecule has 200 valence electrons. The average Bonchev–Trinajstić information content (AvgIpc) is 3.16. The van der Waals surface area contributed by atoms with Gasteiger partial charge in [0.05, 0.1) is 23.1 Å². The summed E-state index contributed by atoms with van der Waals surface area (Å²) in [5.74, 6) is -2.55. The smallest absolute Gasteiger partial charge is 0.257 e. The van der Waals surface area contributed by atoms with Crippen molar-refractivity contribution in [3.63, 3.8) is 0 Å². The minimum atomic E-state index is -1.34. The Morgan fingerprint density at radius 2 is 1.92 bits per heavy atom. The van der Waals surface area contributed by atoms with Gasteiger partial charge in [0, 0.05) is 49.7 Å². The molecule has 8 nitrogen and oxygen atoms in total. The van der Waals surface area contributed by atoms with Gasteiger partial charge in [-0.05, 0) is 52.2 Å². The summed E-state index contributed by atoms with van der Waals surface area (Å²) in [6, 6.07) is 1.88. The molecule has 2 saturated heterocycles. The Morgan fingerprint density at radius 3 is 2.63 bits per heavy atom. The molecule has 5 heterocycles. The summed E-state index contributed by atoms with van der Waals surface area (Å²) in [4.78, 5) is 34.0. The third-order valence-corrected chi connectivity index (χ3v) is 7.49. The van der Waals surface area contributed by atoms with Gasteiger partial charge < -0.3 is 10.0 Å². The van der Waals surface area contributed by atoms with Gasteiger partial charge in [-0.15, -0.1) is 0 Å². The number of nitrogens with zero attached hydrogens (tertiary/aromatic N) is 6. The first-order chi connectivity index (χ1) is 18.0. The molecule has 2 aliphatic rings. The quantitative estimate of drug-likeness (QED) is 0.541. The number of carbonyl (C=O) groups excluding carboxylic acids is 1. The largest absolute Gasteiger partial charge is 0.382 e. The van der Waals surface area contributed by atoms with Crippen molar-refractivity contribution in [3.8, 4) is 11.4 Å². The Bertz CT molecular complexity index is 1400. The molecule has 3 aromatic heterocycles. The second kappa shape index (κ2) is 9.70. The molecule has 3 aromatic rings. The van der Waals surface area contributed by atoms with Crippen LogP contribution in [0.25, 0.3) is 11.4 Å². The Labute approximate surface area is 218 Å². The summed E-state index contributed by atoms with van der Waals surface area (Å²) in [5.41, 5.74) is -0.797. The lowest BCUT2D eigenvalue weighted by atomic mass is 10.0. The number of hydrogen-bond acceptors (Lipinski definition) is 7. The van der Waals surface area contributed by atoms with Crippen molar-refractivity contribution < 1.29 is 23.1 Å². The van der Waals surface area contributed by atoms with Crippen LogP contribution in [0.15, 0.2) is 30.7 Å². The van der Waals surface area contributed by atoms with E-state index in [1.54, 1.807) is 11.8 Å². The lowest BCUT2D eigenvalue weighted by Gasteiger charge is -2.45. The van der Waals surface area contributed by atoms with Crippen molar-refractivity contribution in [2.24, 2.45) is 0 Å². The third kappa shape index (κ3) is 4.64. The number of carbonyl (C=O) groups is 1. The van der Waals surface area contributed by atoms with E-state index < -0.39 is 29.0 Å². The van der Waals surface area contributed by atoms with Gasteiger partial charge in [-0.1, -0.05) is 0 Å². The van der Waals surface area contributed by atoms with Crippen molar-refractivity contribution in [1.29, 1.82) is 0 Å². The van der Waals surface area contributed by atoms with Gasteiger partial charge in [0.1, 0.15) is 22.9 Å². The zero-order valence-electron chi connectivity index (χ0n) is 21.6. The summed E-state index contributed by atoms with van der Waals surface area (Å²) in [7, 11) is 0. The van der Waals surface area contributed by atoms with Gasteiger partial charge >= 0.3 is 0 Å². The van der Waals surface area contributed by atoms with Crippen molar-refractivity contribution in [3.05, 3.63) is 70.8 Å². The van der Waals surface area contributed by atoms with E-state index in [2.05, 4.69) is 24.8 Å². The SMILES string of the molecule is Cc1cnc(-c2ccnc(C(C)(C)O)n2)c(F)c1C(=O)N1C[C@@H]2CC[C@H]([C@H]1C)N2Cc1ncc(F)cc1F. The average molecular weight is 527 g/mol. The third-order valence-electron chi connectivity index (χ3n) is 7.49. The number of halogens is 3. The van der Waals surface area contributed by atoms with Crippen LogP contribution in [-0.4, -0.2) is 65.4 Å². The van der Waals surface area contributed by atoms with E-state index in [1.807, 2.05) is 6.92 Å². The second-order valence-corrected chi connectivity index (χ2v) is 10.6. The lowest BCUT2D eigenvalue weighted by Crippen LogP contribution is -2.60. The van der Waals surface area contributed by atoms with Crippen LogP contribution in [0.3, 0.4) is 0 Å². The monoisotopic (exact) mass is 526 g/mol. The van der Waals surface area contributed by atoms with Crippen LogP contribution >= 0.6 is 0 Å². The van der Waals surface area contributed by atoms with Crippen molar-refractivity contribution in [1.82, 2.24) is 29.7 Å².